The summed E-state index contributed by atoms with van der Waals surface area (Å²) in [4.78, 5) is 4.40. The Morgan fingerprint density at radius 1 is 0.947 bits per heavy atom. The molecule has 0 aliphatic carbocycles. The van der Waals surface area contributed by atoms with Crippen LogP contribution < -0.4 is 0 Å². The fourth-order valence-electron chi connectivity index (χ4n) is 2.78. The minimum Gasteiger partial charge on any atom is -0.478 e. The molecule has 0 bridgehead atoms. The van der Waals surface area contributed by atoms with E-state index >= 15 is 0 Å². The summed E-state index contributed by atoms with van der Waals surface area (Å²) >= 11 is 0. The van der Waals surface area contributed by atoms with Gasteiger partial charge in [0.05, 0.1) is 13.1 Å². The monoisotopic (exact) mass is 250 g/mol. The topological polar surface area (TPSA) is 26.5 Å². The number of hydrogen-bond acceptors (Lipinski definition) is 2. The molecule has 0 N–H and O–H groups in total. The van der Waals surface area contributed by atoms with Crippen LogP contribution in [0.5, 0.6) is 0 Å². The molecule has 1 aliphatic rings. The molecule has 19 heavy (non-hydrogen) atoms. The lowest BCUT2D eigenvalue weighted by molar-refractivity contribution is 0.336. The highest BCUT2D eigenvalue weighted by atomic mass is 16.5. The van der Waals surface area contributed by atoms with E-state index in [9.17, 15) is 0 Å². The molecule has 2 heterocycles. The van der Waals surface area contributed by atoms with Crippen LogP contribution in [-0.2, 0) is 11.3 Å². The molecule has 1 aromatic heterocycles. The number of aliphatic imine (C=N–C) groups is 1. The van der Waals surface area contributed by atoms with Gasteiger partial charge in [-0.05, 0) is 12.1 Å². The van der Waals surface area contributed by atoms with Gasteiger partial charge in [-0.3, -0.25) is 4.99 Å². The van der Waals surface area contributed by atoms with Crippen LogP contribution >= 0.6 is 0 Å². The normalized spacial score (nSPS) is 14.8. The van der Waals surface area contributed by atoms with E-state index in [2.05, 4.69) is 58.1 Å². The SMILES string of the molecule is c1ccc2c(c1)c1ccccc1n2CC1=NCCO1. The predicted octanol–water partition coefficient (Wildman–Crippen LogP) is 3.22. The molecule has 0 radical (unpaired) electrons. The van der Waals surface area contributed by atoms with Crippen LogP contribution in [0.25, 0.3) is 21.8 Å². The smallest absolute Gasteiger partial charge is 0.204 e. The largest absolute Gasteiger partial charge is 0.478 e. The Kier molecular flexibility index (Phi) is 2.30. The number of benzene rings is 2. The van der Waals surface area contributed by atoms with Gasteiger partial charge in [-0.25, -0.2) is 0 Å². The molecule has 4 rings (SSSR count). The third-order valence-corrected chi connectivity index (χ3v) is 3.62. The molecule has 1 aliphatic heterocycles. The maximum absolute atomic E-state index is 5.55. The highest BCUT2D eigenvalue weighted by molar-refractivity contribution is 6.08. The van der Waals surface area contributed by atoms with Gasteiger partial charge in [0.15, 0.2) is 0 Å². The zero-order chi connectivity index (χ0) is 12.7. The van der Waals surface area contributed by atoms with Crippen molar-refractivity contribution in [1.82, 2.24) is 4.57 Å². The number of rotatable bonds is 2. The Morgan fingerprint density at radius 2 is 1.58 bits per heavy atom. The first-order valence-electron chi connectivity index (χ1n) is 6.55. The van der Waals surface area contributed by atoms with Crippen LogP contribution in [0.2, 0.25) is 0 Å². The van der Waals surface area contributed by atoms with Crippen molar-refractivity contribution in [3.63, 3.8) is 0 Å². The highest BCUT2D eigenvalue weighted by Crippen LogP contribution is 2.28. The molecule has 0 unspecified atom stereocenters. The van der Waals surface area contributed by atoms with Gasteiger partial charge in [-0.1, -0.05) is 36.4 Å². The van der Waals surface area contributed by atoms with Crippen molar-refractivity contribution >= 4 is 27.7 Å². The van der Waals surface area contributed by atoms with Gasteiger partial charge in [-0.2, -0.15) is 0 Å². The van der Waals surface area contributed by atoms with Crippen LogP contribution in [0.4, 0.5) is 0 Å². The summed E-state index contributed by atoms with van der Waals surface area (Å²) in [6.07, 6.45) is 0. The first-order valence-corrected chi connectivity index (χ1v) is 6.55. The van der Waals surface area contributed by atoms with Gasteiger partial charge in [0.25, 0.3) is 0 Å². The molecule has 3 aromatic rings. The summed E-state index contributed by atoms with van der Waals surface area (Å²) in [5, 5.41) is 2.58. The molecule has 0 saturated heterocycles. The summed E-state index contributed by atoms with van der Waals surface area (Å²) in [6, 6.07) is 17.0. The van der Waals surface area contributed by atoms with Crippen molar-refractivity contribution in [2.24, 2.45) is 4.99 Å². The standard InChI is InChI=1S/C16H14N2O/c1-3-7-14-12(5-1)13-6-2-4-8-15(13)18(14)11-16-17-9-10-19-16/h1-8H,9-11H2. The van der Waals surface area contributed by atoms with Crippen LogP contribution in [-0.4, -0.2) is 23.6 Å². The van der Waals surface area contributed by atoms with E-state index < -0.39 is 0 Å². The Bertz CT molecular complexity index is 732. The maximum atomic E-state index is 5.55. The first kappa shape index (κ1) is 10.6. The maximum Gasteiger partial charge on any atom is 0.204 e. The number of hydrogen-bond donors (Lipinski definition) is 0. The van der Waals surface area contributed by atoms with E-state index in [1.54, 1.807) is 0 Å². The van der Waals surface area contributed by atoms with Crippen LogP contribution in [0, 0.1) is 0 Å². The second-order valence-corrected chi connectivity index (χ2v) is 4.74. The van der Waals surface area contributed by atoms with Crippen molar-refractivity contribution in [2.45, 2.75) is 6.54 Å². The van der Waals surface area contributed by atoms with Crippen molar-refractivity contribution in [1.29, 1.82) is 0 Å². The van der Waals surface area contributed by atoms with Crippen molar-refractivity contribution in [3.05, 3.63) is 48.5 Å². The average molecular weight is 250 g/mol. The quantitative estimate of drug-likeness (QED) is 0.686. The lowest BCUT2D eigenvalue weighted by atomic mass is 10.2. The summed E-state index contributed by atoms with van der Waals surface area (Å²) in [5.74, 6) is 0.839. The lowest BCUT2D eigenvalue weighted by Gasteiger charge is -2.07. The first-order chi connectivity index (χ1) is 9.43. The number of nitrogens with zero attached hydrogens (tertiary/aromatic N) is 2. The molecule has 0 saturated carbocycles. The highest BCUT2D eigenvalue weighted by Gasteiger charge is 2.13. The van der Waals surface area contributed by atoms with Gasteiger partial charge in [0.1, 0.15) is 6.61 Å². The molecule has 2 aromatic carbocycles. The van der Waals surface area contributed by atoms with Gasteiger partial charge in [0, 0.05) is 21.8 Å². The van der Waals surface area contributed by atoms with Gasteiger partial charge in [0.2, 0.25) is 5.90 Å². The zero-order valence-electron chi connectivity index (χ0n) is 10.5. The third kappa shape index (κ3) is 1.62. The number of ether oxygens (including phenoxy) is 1. The molecule has 94 valence electrons. The van der Waals surface area contributed by atoms with Crippen molar-refractivity contribution in [2.75, 3.05) is 13.2 Å². The van der Waals surface area contributed by atoms with E-state index in [-0.39, 0.29) is 0 Å². The summed E-state index contributed by atoms with van der Waals surface area (Å²) in [5.41, 5.74) is 2.48. The predicted molar refractivity (Wildman–Crippen MR) is 77.7 cm³/mol. The molecular weight excluding hydrogens is 236 g/mol. The molecule has 0 atom stereocenters. The molecule has 0 fully saturated rings. The fraction of sp³-hybridized carbons (Fsp3) is 0.188. The second kappa shape index (κ2) is 4.12. The Hall–Kier alpha value is -2.29. The summed E-state index contributed by atoms with van der Waals surface area (Å²) in [6.45, 7) is 2.22. The molecule has 3 nitrogen and oxygen atoms in total. The van der Waals surface area contributed by atoms with Crippen LogP contribution in [0.15, 0.2) is 53.5 Å². The van der Waals surface area contributed by atoms with E-state index in [1.807, 2.05) is 0 Å². The van der Waals surface area contributed by atoms with Crippen molar-refractivity contribution in [3.8, 4) is 0 Å². The number of fused-ring (bicyclic) bond motifs is 3. The summed E-state index contributed by atoms with van der Waals surface area (Å²) < 4.78 is 7.84. The Balaban J connectivity index is 1.99. The van der Waals surface area contributed by atoms with Crippen LogP contribution in [0.1, 0.15) is 0 Å². The lowest BCUT2D eigenvalue weighted by Crippen LogP contribution is -2.10. The minimum atomic E-state index is 0.715. The molecule has 3 heteroatoms. The summed E-state index contributed by atoms with van der Waals surface area (Å²) in [7, 11) is 0. The Labute approximate surface area is 111 Å². The fourth-order valence-corrected chi connectivity index (χ4v) is 2.78. The number of aromatic nitrogens is 1. The van der Waals surface area contributed by atoms with E-state index in [1.165, 1.54) is 21.8 Å². The zero-order valence-corrected chi connectivity index (χ0v) is 10.5. The van der Waals surface area contributed by atoms with E-state index in [0.717, 1.165) is 12.4 Å². The van der Waals surface area contributed by atoms with Crippen LogP contribution in [0.3, 0.4) is 0 Å². The molecule has 0 amide bonds. The molecular formula is C16H14N2O. The van der Waals surface area contributed by atoms with E-state index in [4.69, 9.17) is 4.74 Å². The molecule has 0 spiro atoms. The average Bonchev–Trinajstić information content (AvgIpc) is 3.08. The third-order valence-electron chi connectivity index (χ3n) is 3.62. The minimum absolute atomic E-state index is 0.715. The van der Waals surface area contributed by atoms with E-state index in [0.29, 0.717) is 13.2 Å². The van der Waals surface area contributed by atoms with Gasteiger partial charge in [-0.15, -0.1) is 0 Å². The van der Waals surface area contributed by atoms with Crippen molar-refractivity contribution < 1.29 is 4.74 Å². The van der Waals surface area contributed by atoms with Gasteiger partial charge < -0.3 is 9.30 Å². The second-order valence-electron chi connectivity index (χ2n) is 4.74. The Morgan fingerprint density at radius 3 is 2.16 bits per heavy atom. The number of para-hydroxylation sites is 2. The van der Waals surface area contributed by atoms with Gasteiger partial charge >= 0.3 is 0 Å².